The Morgan fingerprint density at radius 2 is 1.95 bits per heavy atom. The Hall–Kier alpha value is -2.42. The minimum absolute atomic E-state index is 0.0272. The molecule has 112 valence electrons. The topological polar surface area (TPSA) is 81.4 Å². The maximum Gasteiger partial charge on any atom is 0.586 e. The third-order valence-electron chi connectivity index (χ3n) is 2.90. The molecule has 0 saturated carbocycles. The Labute approximate surface area is 118 Å². The first kappa shape index (κ1) is 13.6. The van der Waals surface area contributed by atoms with Gasteiger partial charge in [-0.25, -0.2) is 0 Å². The van der Waals surface area contributed by atoms with E-state index in [0.717, 1.165) is 0 Å². The van der Waals surface area contributed by atoms with Crippen molar-refractivity contribution in [2.45, 2.75) is 19.3 Å². The van der Waals surface area contributed by atoms with Crippen molar-refractivity contribution >= 4 is 11.7 Å². The third kappa shape index (κ3) is 2.72. The number of rotatable bonds is 4. The van der Waals surface area contributed by atoms with Gasteiger partial charge in [0.25, 0.3) is 0 Å². The lowest BCUT2D eigenvalue weighted by Crippen LogP contribution is -2.25. The van der Waals surface area contributed by atoms with E-state index in [4.69, 9.17) is 4.42 Å². The van der Waals surface area contributed by atoms with Crippen LogP contribution in [0.1, 0.15) is 18.9 Å². The lowest BCUT2D eigenvalue weighted by Gasteiger charge is -2.04. The first-order chi connectivity index (χ1) is 9.97. The van der Waals surface area contributed by atoms with Gasteiger partial charge in [0.05, 0.1) is 6.04 Å². The van der Waals surface area contributed by atoms with Crippen LogP contribution in [0.3, 0.4) is 0 Å². The first-order valence-electron chi connectivity index (χ1n) is 6.14. The van der Waals surface area contributed by atoms with Crippen LogP contribution in [0.25, 0.3) is 0 Å². The lowest BCUT2D eigenvalue weighted by molar-refractivity contribution is -0.286. The van der Waals surface area contributed by atoms with E-state index in [-0.39, 0.29) is 23.6 Å². The number of aromatic nitrogens is 2. The molecule has 0 spiro atoms. The van der Waals surface area contributed by atoms with E-state index in [2.05, 4.69) is 30.3 Å². The van der Waals surface area contributed by atoms with Crippen LogP contribution in [0, 0.1) is 0 Å². The SMILES string of the molecule is CNC(C)c1nnc(Nc2ccc3c(c2)OC(F)(F)O3)o1. The number of nitrogens with zero attached hydrogens (tertiary/aromatic N) is 2. The summed E-state index contributed by atoms with van der Waals surface area (Å²) in [7, 11) is 1.76. The fourth-order valence-electron chi connectivity index (χ4n) is 1.73. The van der Waals surface area contributed by atoms with Crippen LogP contribution in [0.5, 0.6) is 11.5 Å². The molecular weight excluding hydrogens is 286 g/mol. The maximum atomic E-state index is 12.9. The van der Waals surface area contributed by atoms with E-state index >= 15 is 0 Å². The fraction of sp³-hybridized carbons (Fsp3) is 0.333. The van der Waals surface area contributed by atoms with Crippen LogP contribution < -0.4 is 20.1 Å². The van der Waals surface area contributed by atoms with Gasteiger partial charge >= 0.3 is 12.3 Å². The Morgan fingerprint density at radius 1 is 1.19 bits per heavy atom. The molecule has 0 aliphatic carbocycles. The zero-order valence-electron chi connectivity index (χ0n) is 11.2. The van der Waals surface area contributed by atoms with Gasteiger partial charge in [0.2, 0.25) is 5.89 Å². The summed E-state index contributed by atoms with van der Waals surface area (Å²) in [4.78, 5) is 0. The third-order valence-corrected chi connectivity index (χ3v) is 2.90. The highest BCUT2D eigenvalue weighted by Gasteiger charge is 2.43. The summed E-state index contributed by atoms with van der Waals surface area (Å²) < 4.78 is 39.9. The molecule has 0 fully saturated rings. The van der Waals surface area contributed by atoms with Crippen LogP contribution in [-0.2, 0) is 0 Å². The fourth-order valence-corrected chi connectivity index (χ4v) is 1.73. The van der Waals surface area contributed by atoms with Gasteiger partial charge in [0.1, 0.15) is 0 Å². The van der Waals surface area contributed by atoms with E-state index in [1.807, 2.05) is 6.92 Å². The van der Waals surface area contributed by atoms with Crippen LogP contribution in [0.15, 0.2) is 22.6 Å². The van der Waals surface area contributed by atoms with Crippen LogP contribution >= 0.6 is 0 Å². The average Bonchev–Trinajstić information content (AvgIpc) is 3.00. The van der Waals surface area contributed by atoms with Crippen LogP contribution in [0.4, 0.5) is 20.5 Å². The van der Waals surface area contributed by atoms with Crippen LogP contribution in [-0.4, -0.2) is 23.5 Å². The summed E-state index contributed by atoms with van der Waals surface area (Å²) in [6, 6.07) is 4.32. The van der Waals surface area contributed by atoms with Gasteiger partial charge in [-0.05, 0) is 26.1 Å². The Bertz CT molecular complexity index is 662. The number of nitrogens with one attached hydrogen (secondary N) is 2. The maximum absolute atomic E-state index is 12.9. The predicted octanol–water partition coefficient (Wildman–Crippen LogP) is 2.42. The summed E-state index contributed by atoms with van der Waals surface area (Å²) in [5, 5.41) is 13.4. The molecule has 0 amide bonds. The number of hydrogen-bond donors (Lipinski definition) is 2. The van der Waals surface area contributed by atoms with Gasteiger partial charge in [-0.3, -0.25) is 0 Å². The Morgan fingerprint density at radius 3 is 2.71 bits per heavy atom. The zero-order valence-corrected chi connectivity index (χ0v) is 11.2. The van der Waals surface area contributed by atoms with E-state index in [1.165, 1.54) is 18.2 Å². The van der Waals surface area contributed by atoms with Gasteiger partial charge in [0.15, 0.2) is 11.5 Å². The number of benzene rings is 1. The normalized spacial score (nSPS) is 16.8. The highest BCUT2D eigenvalue weighted by atomic mass is 19.3. The molecule has 1 aliphatic heterocycles. The van der Waals surface area contributed by atoms with E-state index in [0.29, 0.717) is 11.6 Å². The minimum atomic E-state index is -3.64. The number of anilines is 2. The number of halogens is 2. The number of alkyl halides is 2. The highest BCUT2D eigenvalue weighted by molar-refractivity contribution is 5.59. The molecule has 7 nitrogen and oxygen atoms in total. The molecule has 0 saturated heterocycles. The molecular formula is C12H12F2N4O3. The van der Waals surface area contributed by atoms with Crippen molar-refractivity contribution in [3.8, 4) is 11.5 Å². The van der Waals surface area contributed by atoms with E-state index in [1.54, 1.807) is 7.05 Å². The number of fused-ring (bicyclic) bond motifs is 1. The van der Waals surface area contributed by atoms with Gasteiger partial charge in [-0.2, -0.15) is 0 Å². The summed E-state index contributed by atoms with van der Waals surface area (Å²) in [5.41, 5.74) is 0.461. The molecule has 0 bridgehead atoms. The monoisotopic (exact) mass is 298 g/mol. The van der Waals surface area contributed by atoms with Gasteiger partial charge < -0.3 is 24.5 Å². The van der Waals surface area contributed by atoms with Crippen LogP contribution in [0.2, 0.25) is 0 Å². The molecule has 1 unspecified atom stereocenters. The van der Waals surface area contributed by atoms with Crippen molar-refractivity contribution in [3.05, 3.63) is 24.1 Å². The smallest absolute Gasteiger partial charge is 0.406 e. The molecule has 2 heterocycles. The number of hydrogen-bond acceptors (Lipinski definition) is 7. The molecule has 1 aromatic heterocycles. The Kier molecular flexibility index (Phi) is 3.13. The van der Waals surface area contributed by atoms with E-state index in [9.17, 15) is 8.78 Å². The second-order valence-corrected chi connectivity index (χ2v) is 4.41. The second kappa shape index (κ2) is 4.85. The van der Waals surface area contributed by atoms with Crippen molar-refractivity contribution in [1.29, 1.82) is 0 Å². The minimum Gasteiger partial charge on any atom is -0.406 e. The summed E-state index contributed by atoms with van der Waals surface area (Å²) in [6.45, 7) is 1.86. The lowest BCUT2D eigenvalue weighted by atomic mass is 10.3. The highest BCUT2D eigenvalue weighted by Crippen LogP contribution is 2.42. The molecule has 3 rings (SSSR count). The van der Waals surface area contributed by atoms with E-state index < -0.39 is 6.29 Å². The molecule has 0 radical (unpaired) electrons. The van der Waals surface area contributed by atoms with Crippen molar-refractivity contribution < 1.29 is 22.7 Å². The Balaban J connectivity index is 1.76. The molecule has 1 aromatic carbocycles. The molecule has 21 heavy (non-hydrogen) atoms. The molecule has 1 aliphatic rings. The van der Waals surface area contributed by atoms with Gasteiger partial charge in [-0.1, -0.05) is 5.10 Å². The van der Waals surface area contributed by atoms with Gasteiger partial charge in [-0.15, -0.1) is 13.9 Å². The standard InChI is InChI=1S/C12H12F2N4O3/c1-6(15-2)10-17-18-11(19-10)16-7-3-4-8-9(5-7)21-12(13,14)20-8/h3-6,15H,1-2H3,(H,16,18). The van der Waals surface area contributed by atoms with Crippen molar-refractivity contribution in [1.82, 2.24) is 15.5 Å². The molecule has 2 N–H and O–H groups in total. The van der Waals surface area contributed by atoms with Gasteiger partial charge in [0, 0.05) is 11.8 Å². The summed E-state index contributed by atoms with van der Waals surface area (Å²) in [6.07, 6.45) is -3.64. The molecule has 1 atom stereocenters. The summed E-state index contributed by atoms with van der Waals surface area (Å²) >= 11 is 0. The van der Waals surface area contributed by atoms with Crippen molar-refractivity contribution in [3.63, 3.8) is 0 Å². The quantitative estimate of drug-likeness (QED) is 0.897. The van der Waals surface area contributed by atoms with Crippen molar-refractivity contribution in [2.75, 3.05) is 12.4 Å². The second-order valence-electron chi connectivity index (χ2n) is 4.41. The predicted molar refractivity (Wildman–Crippen MR) is 67.7 cm³/mol. The number of ether oxygens (including phenoxy) is 2. The molecule has 2 aromatic rings. The first-order valence-corrected chi connectivity index (χ1v) is 6.14. The average molecular weight is 298 g/mol. The largest absolute Gasteiger partial charge is 0.586 e. The molecule has 9 heteroatoms. The zero-order chi connectivity index (χ0) is 15.0. The van der Waals surface area contributed by atoms with Crippen molar-refractivity contribution in [2.24, 2.45) is 0 Å². The summed E-state index contributed by atoms with van der Waals surface area (Å²) in [5.74, 6) is 0.321.